The second kappa shape index (κ2) is 6.69. The highest BCUT2D eigenvalue weighted by molar-refractivity contribution is 5.99. The minimum Gasteiger partial charge on any atom is -0.409 e. The second-order valence-electron chi connectivity index (χ2n) is 4.71. The summed E-state index contributed by atoms with van der Waals surface area (Å²) in [4.78, 5) is 16.5. The maximum absolute atomic E-state index is 10.9. The highest BCUT2D eigenvalue weighted by Gasteiger charge is 2.21. The smallest absolute Gasteiger partial charge is 0.298 e. The van der Waals surface area contributed by atoms with Gasteiger partial charge < -0.3 is 15.8 Å². The average Bonchev–Trinajstić information content (AvgIpc) is 2.42. The van der Waals surface area contributed by atoms with E-state index in [0.717, 1.165) is 6.54 Å². The van der Waals surface area contributed by atoms with E-state index >= 15 is 0 Å². The summed E-state index contributed by atoms with van der Waals surface area (Å²) in [5, 5.41) is 22.4. The fourth-order valence-corrected chi connectivity index (χ4v) is 1.83. The minimum atomic E-state index is -0.608. The lowest BCUT2D eigenvalue weighted by Gasteiger charge is -2.24. The van der Waals surface area contributed by atoms with Crippen molar-refractivity contribution in [1.82, 2.24) is 4.98 Å². The Morgan fingerprint density at radius 2 is 2.25 bits per heavy atom. The summed E-state index contributed by atoms with van der Waals surface area (Å²) in [5.74, 6) is 0.604. The number of aromatic nitrogens is 1. The van der Waals surface area contributed by atoms with E-state index in [1.807, 2.05) is 11.8 Å². The Morgan fingerprint density at radius 1 is 1.60 bits per heavy atom. The van der Waals surface area contributed by atoms with E-state index in [1.54, 1.807) is 6.07 Å². The van der Waals surface area contributed by atoms with Gasteiger partial charge in [0.1, 0.15) is 5.82 Å². The molecular weight excluding hydrogens is 262 g/mol. The lowest BCUT2D eigenvalue weighted by atomic mass is 10.2. The zero-order valence-electron chi connectivity index (χ0n) is 11.8. The third-order valence-electron chi connectivity index (χ3n) is 2.70. The number of nitro groups is 1. The fourth-order valence-electron chi connectivity index (χ4n) is 1.83. The van der Waals surface area contributed by atoms with Crippen LogP contribution in [0.5, 0.6) is 0 Å². The van der Waals surface area contributed by atoms with Crippen LogP contribution in [0.25, 0.3) is 0 Å². The number of anilines is 1. The summed E-state index contributed by atoms with van der Waals surface area (Å²) in [7, 11) is 0. The first-order valence-electron chi connectivity index (χ1n) is 6.29. The van der Waals surface area contributed by atoms with Crippen LogP contribution in [-0.4, -0.2) is 34.0 Å². The summed E-state index contributed by atoms with van der Waals surface area (Å²) in [6.45, 7) is 7.57. The largest absolute Gasteiger partial charge is 0.409 e. The molecule has 0 fully saturated rings. The first-order chi connectivity index (χ1) is 9.40. The van der Waals surface area contributed by atoms with Crippen molar-refractivity contribution in [3.63, 3.8) is 0 Å². The molecular formula is C12H19N5O3. The Kier molecular flexibility index (Phi) is 5.24. The van der Waals surface area contributed by atoms with Crippen LogP contribution in [0.1, 0.15) is 26.5 Å². The summed E-state index contributed by atoms with van der Waals surface area (Å²) in [5.41, 5.74) is 5.04. The quantitative estimate of drug-likeness (QED) is 0.268. The third-order valence-corrected chi connectivity index (χ3v) is 2.70. The van der Waals surface area contributed by atoms with Crippen molar-refractivity contribution < 1.29 is 10.1 Å². The molecule has 20 heavy (non-hydrogen) atoms. The number of nitrogens with zero attached hydrogens (tertiary/aromatic N) is 4. The normalized spacial score (nSPS) is 11.7. The van der Waals surface area contributed by atoms with Gasteiger partial charge in [0.05, 0.1) is 4.92 Å². The van der Waals surface area contributed by atoms with Crippen molar-refractivity contribution in [2.75, 3.05) is 18.0 Å². The van der Waals surface area contributed by atoms with E-state index in [-0.39, 0.29) is 17.2 Å². The Morgan fingerprint density at radius 3 is 2.70 bits per heavy atom. The van der Waals surface area contributed by atoms with Crippen LogP contribution in [-0.2, 0) is 0 Å². The van der Waals surface area contributed by atoms with E-state index in [1.165, 1.54) is 6.07 Å². The fraction of sp³-hybridized carbons (Fsp3) is 0.500. The molecule has 0 saturated carbocycles. The standard InChI is InChI=1S/C12H19N5O3/c1-4-16(7-8(2)3)10-6-5-9(17(19)20)11(14-10)12(13)15-18/h5-6,8,18H,4,7H2,1-3H3,(H2,13,15). The molecule has 1 rings (SSSR count). The SMILES string of the molecule is CCN(CC(C)C)c1ccc([N+](=O)[O-])c(/C(N)=N/O)n1. The molecule has 1 heterocycles. The van der Waals surface area contributed by atoms with Crippen molar-refractivity contribution in [2.24, 2.45) is 16.8 Å². The van der Waals surface area contributed by atoms with E-state index in [2.05, 4.69) is 24.0 Å². The highest BCUT2D eigenvalue weighted by atomic mass is 16.6. The van der Waals surface area contributed by atoms with Crippen LogP contribution >= 0.6 is 0 Å². The summed E-state index contributed by atoms with van der Waals surface area (Å²) in [6, 6.07) is 2.89. The van der Waals surface area contributed by atoms with Gasteiger partial charge in [0.15, 0.2) is 11.5 Å². The van der Waals surface area contributed by atoms with Gasteiger partial charge in [-0.05, 0) is 18.9 Å². The van der Waals surface area contributed by atoms with Gasteiger partial charge in [0.25, 0.3) is 5.69 Å². The number of pyridine rings is 1. The van der Waals surface area contributed by atoms with Crippen LogP contribution in [0.15, 0.2) is 17.3 Å². The lowest BCUT2D eigenvalue weighted by molar-refractivity contribution is -0.385. The zero-order chi connectivity index (χ0) is 15.3. The van der Waals surface area contributed by atoms with Gasteiger partial charge in [-0.2, -0.15) is 0 Å². The second-order valence-corrected chi connectivity index (χ2v) is 4.71. The molecule has 1 aromatic heterocycles. The molecule has 0 aliphatic rings. The molecule has 0 spiro atoms. The number of hydrogen-bond acceptors (Lipinski definition) is 6. The van der Waals surface area contributed by atoms with Crippen molar-refractivity contribution >= 4 is 17.3 Å². The van der Waals surface area contributed by atoms with Crippen LogP contribution in [0.2, 0.25) is 0 Å². The van der Waals surface area contributed by atoms with Gasteiger partial charge in [-0.1, -0.05) is 19.0 Å². The number of nitrogens with two attached hydrogens (primary N) is 1. The van der Waals surface area contributed by atoms with Gasteiger partial charge in [0.2, 0.25) is 0 Å². The van der Waals surface area contributed by atoms with Gasteiger partial charge in [-0.25, -0.2) is 4.98 Å². The first kappa shape index (κ1) is 15.7. The highest BCUT2D eigenvalue weighted by Crippen LogP contribution is 2.21. The number of rotatable bonds is 6. The zero-order valence-corrected chi connectivity index (χ0v) is 11.8. The molecule has 1 aromatic rings. The molecule has 0 aromatic carbocycles. The predicted octanol–water partition coefficient (Wildman–Crippen LogP) is 1.57. The molecule has 8 nitrogen and oxygen atoms in total. The summed E-state index contributed by atoms with van der Waals surface area (Å²) in [6.07, 6.45) is 0. The molecule has 110 valence electrons. The van der Waals surface area contributed by atoms with Crippen LogP contribution in [0, 0.1) is 16.0 Å². The maximum Gasteiger partial charge on any atom is 0.298 e. The van der Waals surface area contributed by atoms with Crippen molar-refractivity contribution in [2.45, 2.75) is 20.8 Å². The van der Waals surface area contributed by atoms with E-state index in [0.29, 0.717) is 18.3 Å². The number of oxime groups is 1. The topological polar surface area (TPSA) is 118 Å². The van der Waals surface area contributed by atoms with Gasteiger partial charge in [-0.15, -0.1) is 0 Å². The molecule has 0 amide bonds. The van der Waals surface area contributed by atoms with Crippen molar-refractivity contribution in [3.05, 3.63) is 27.9 Å². The van der Waals surface area contributed by atoms with E-state index in [4.69, 9.17) is 10.9 Å². The Labute approximate surface area is 117 Å². The molecule has 8 heteroatoms. The molecule has 0 aliphatic carbocycles. The molecule has 0 unspecified atom stereocenters. The van der Waals surface area contributed by atoms with Gasteiger partial charge in [-0.3, -0.25) is 10.1 Å². The molecule has 3 N–H and O–H groups in total. The average molecular weight is 281 g/mol. The van der Waals surface area contributed by atoms with E-state index in [9.17, 15) is 10.1 Å². The van der Waals surface area contributed by atoms with Crippen LogP contribution < -0.4 is 10.6 Å². The molecule has 0 bridgehead atoms. The van der Waals surface area contributed by atoms with Gasteiger partial charge in [0, 0.05) is 19.2 Å². The molecule has 0 saturated heterocycles. The first-order valence-corrected chi connectivity index (χ1v) is 6.29. The Hall–Kier alpha value is -2.38. The van der Waals surface area contributed by atoms with E-state index < -0.39 is 4.92 Å². The lowest BCUT2D eigenvalue weighted by Crippen LogP contribution is -2.29. The maximum atomic E-state index is 10.9. The number of amidine groups is 1. The van der Waals surface area contributed by atoms with Crippen molar-refractivity contribution in [1.29, 1.82) is 0 Å². The molecule has 0 aliphatic heterocycles. The number of hydrogen-bond donors (Lipinski definition) is 2. The monoisotopic (exact) mass is 281 g/mol. The summed E-state index contributed by atoms with van der Waals surface area (Å²) >= 11 is 0. The molecule has 0 radical (unpaired) electrons. The van der Waals surface area contributed by atoms with Crippen LogP contribution in [0.4, 0.5) is 11.5 Å². The summed E-state index contributed by atoms with van der Waals surface area (Å²) < 4.78 is 0. The Bertz CT molecular complexity index is 516. The van der Waals surface area contributed by atoms with Crippen molar-refractivity contribution in [3.8, 4) is 0 Å². The molecule has 0 atom stereocenters. The third kappa shape index (κ3) is 3.56. The predicted molar refractivity (Wildman–Crippen MR) is 76.1 cm³/mol. The Balaban J connectivity index is 3.27. The minimum absolute atomic E-state index is 0.128. The van der Waals surface area contributed by atoms with Crippen LogP contribution in [0.3, 0.4) is 0 Å². The van der Waals surface area contributed by atoms with Gasteiger partial charge >= 0.3 is 0 Å².